The van der Waals surface area contributed by atoms with Crippen LogP contribution in [0.1, 0.15) is 22.8 Å². The molecule has 0 saturated heterocycles. The summed E-state index contributed by atoms with van der Waals surface area (Å²) in [4.78, 5) is 11.9. The maximum Gasteiger partial charge on any atom is 0.271 e. The molecule has 0 bridgehead atoms. The van der Waals surface area contributed by atoms with Crippen molar-refractivity contribution in [1.82, 2.24) is 5.43 Å². The highest BCUT2D eigenvalue weighted by Crippen LogP contribution is 2.12. The van der Waals surface area contributed by atoms with Crippen molar-refractivity contribution in [2.45, 2.75) is 6.92 Å². The van der Waals surface area contributed by atoms with Gasteiger partial charge >= 0.3 is 0 Å². The van der Waals surface area contributed by atoms with Crippen molar-refractivity contribution in [3.05, 3.63) is 59.7 Å². The van der Waals surface area contributed by atoms with E-state index < -0.39 is 0 Å². The fourth-order valence-electron chi connectivity index (χ4n) is 1.71. The molecule has 0 unspecified atom stereocenters. The molecule has 0 saturated carbocycles. The first-order valence-corrected chi connectivity index (χ1v) is 6.38. The largest absolute Gasteiger partial charge is 0.508 e. The molecule has 1 amide bonds. The maximum absolute atomic E-state index is 11.9. The Labute approximate surface area is 122 Å². The summed E-state index contributed by atoms with van der Waals surface area (Å²) in [6.07, 6.45) is 0. The molecule has 0 heterocycles. The van der Waals surface area contributed by atoms with Gasteiger partial charge in [-0.2, -0.15) is 5.10 Å². The van der Waals surface area contributed by atoms with E-state index in [-0.39, 0.29) is 11.7 Å². The zero-order chi connectivity index (χ0) is 15.2. The minimum Gasteiger partial charge on any atom is -0.508 e. The van der Waals surface area contributed by atoms with Crippen LogP contribution in [0.2, 0.25) is 0 Å². The zero-order valence-electron chi connectivity index (χ0n) is 11.8. The van der Waals surface area contributed by atoms with E-state index in [4.69, 9.17) is 4.74 Å². The van der Waals surface area contributed by atoms with Crippen LogP contribution in [-0.2, 0) is 0 Å². The van der Waals surface area contributed by atoms with Gasteiger partial charge in [0.25, 0.3) is 5.91 Å². The topological polar surface area (TPSA) is 70.9 Å². The smallest absolute Gasteiger partial charge is 0.271 e. The molecule has 2 aromatic carbocycles. The Morgan fingerprint density at radius 2 is 1.62 bits per heavy atom. The van der Waals surface area contributed by atoms with Gasteiger partial charge in [-0.3, -0.25) is 4.79 Å². The number of ether oxygens (including phenoxy) is 1. The van der Waals surface area contributed by atoms with Gasteiger partial charge in [0.1, 0.15) is 11.5 Å². The van der Waals surface area contributed by atoms with Crippen LogP contribution >= 0.6 is 0 Å². The van der Waals surface area contributed by atoms with Crippen LogP contribution in [0, 0.1) is 0 Å². The lowest BCUT2D eigenvalue weighted by Gasteiger charge is -2.04. The second kappa shape index (κ2) is 6.56. The molecule has 5 nitrogen and oxygen atoms in total. The maximum atomic E-state index is 11.9. The number of hydrogen-bond donors (Lipinski definition) is 2. The highest BCUT2D eigenvalue weighted by atomic mass is 16.5. The van der Waals surface area contributed by atoms with Crippen LogP contribution in [0.25, 0.3) is 0 Å². The van der Waals surface area contributed by atoms with Crippen molar-refractivity contribution in [1.29, 1.82) is 0 Å². The normalized spacial score (nSPS) is 11.0. The number of aromatic hydroxyl groups is 1. The number of carbonyl (C=O) groups excluding carboxylic acids is 1. The molecule has 21 heavy (non-hydrogen) atoms. The highest BCUT2D eigenvalue weighted by molar-refractivity contribution is 6.00. The average molecular weight is 284 g/mol. The number of benzene rings is 2. The molecule has 5 heteroatoms. The number of nitrogens with zero attached hydrogens (tertiary/aromatic N) is 1. The van der Waals surface area contributed by atoms with Gasteiger partial charge in [-0.1, -0.05) is 0 Å². The van der Waals surface area contributed by atoms with Gasteiger partial charge in [0.2, 0.25) is 0 Å². The van der Waals surface area contributed by atoms with Crippen molar-refractivity contribution in [2.75, 3.05) is 7.11 Å². The van der Waals surface area contributed by atoms with Crippen molar-refractivity contribution in [2.24, 2.45) is 5.10 Å². The molecule has 0 aliphatic rings. The van der Waals surface area contributed by atoms with Gasteiger partial charge < -0.3 is 9.84 Å². The van der Waals surface area contributed by atoms with E-state index in [0.29, 0.717) is 17.0 Å². The lowest BCUT2D eigenvalue weighted by molar-refractivity contribution is 0.0955. The average Bonchev–Trinajstić information content (AvgIpc) is 2.53. The van der Waals surface area contributed by atoms with E-state index in [9.17, 15) is 9.90 Å². The summed E-state index contributed by atoms with van der Waals surface area (Å²) < 4.78 is 5.03. The summed E-state index contributed by atoms with van der Waals surface area (Å²) in [6, 6.07) is 13.4. The lowest BCUT2D eigenvalue weighted by atomic mass is 10.1. The third kappa shape index (κ3) is 3.82. The van der Waals surface area contributed by atoms with Crippen LogP contribution < -0.4 is 10.2 Å². The van der Waals surface area contributed by atoms with Crippen molar-refractivity contribution in [3.63, 3.8) is 0 Å². The number of rotatable bonds is 4. The zero-order valence-corrected chi connectivity index (χ0v) is 11.8. The number of phenolic OH excluding ortho intramolecular Hbond substituents is 1. The number of methoxy groups -OCH3 is 1. The summed E-state index contributed by atoms with van der Waals surface area (Å²) >= 11 is 0. The quantitative estimate of drug-likeness (QED) is 0.669. The van der Waals surface area contributed by atoms with Gasteiger partial charge in [0.05, 0.1) is 12.8 Å². The third-order valence-corrected chi connectivity index (χ3v) is 2.96. The molecule has 2 rings (SSSR count). The Morgan fingerprint density at radius 3 is 2.19 bits per heavy atom. The third-order valence-electron chi connectivity index (χ3n) is 2.96. The lowest BCUT2D eigenvalue weighted by Crippen LogP contribution is -2.19. The van der Waals surface area contributed by atoms with Crippen molar-refractivity contribution in [3.8, 4) is 11.5 Å². The Morgan fingerprint density at radius 1 is 1.05 bits per heavy atom. The molecule has 0 aliphatic heterocycles. The van der Waals surface area contributed by atoms with Gasteiger partial charge in [0, 0.05) is 5.56 Å². The van der Waals surface area contributed by atoms with Crippen LogP contribution in [0.15, 0.2) is 53.6 Å². The Bertz CT molecular complexity index is 646. The van der Waals surface area contributed by atoms with Gasteiger partial charge in [-0.05, 0) is 61.0 Å². The number of phenols is 1. The minimum atomic E-state index is -0.296. The monoisotopic (exact) mass is 284 g/mol. The van der Waals surface area contributed by atoms with Crippen LogP contribution in [0.4, 0.5) is 0 Å². The Kier molecular flexibility index (Phi) is 4.56. The van der Waals surface area contributed by atoms with Crippen LogP contribution in [-0.4, -0.2) is 23.8 Å². The summed E-state index contributed by atoms with van der Waals surface area (Å²) in [5.74, 6) is 0.583. The van der Waals surface area contributed by atoms with Gasteiger partial charge in [0.15, 0.2) is 0 Å². The van der Waals surface area contributed by atoms with E-state index >= 15 is 0 Å². The van der Waals surface area contributed by atoms with E-state index in [1.807, 2.05) is 0 Å². The second-order valence-corrected chi connectivity index (χ2v) is 4.41. The van der Waals surface area contributed by atoms with Crippen LogP contribution in [0.3, 0.4) is 0 Å². The first-order chi connectivity index (χ1) is 10.1. The number of nitrogens with one attached hydrogen (secondary N) is 1. The second-order valence-electron chi connectivity index (χ2n) is 4.41. The summed E-state index contributed by atoms with van der Waals surface area (Å²) in [7, 11) is 1.57. The molecule has 108 valence electrons. The fourth-order valence-corrected chi connectivity index (χ4v) is 1.71. The summed E-state index contributed by atoms with van der Waals surface area (Å²) in [6.45, 7) is 1.78. The molecule has 0 atom stereocenters. The van der Waals surface area contributed by atoms with Crippen molar-refractivity contribution < 1.29 is 14.6 Å². The molecular weight excluding hydrogens is 268 g/mol. The van der Waals surface area contributed by atoms with E-state index in [0.717, 1.165) is 5.56 Å². The predicted molar refractivity (Wildman–Crippen MR) is 80.8 cm³/mol. The molecule has 0 fully saturated rings. The minimum absolute atomic E-state index is 0.189. The van der Waals surface area contributed by atoms with Crippen molar-refractivity contribution >= 4 is 11.6 Å². The SMILES string of the molecule is COc1ccc(C(=O)NN=C(C)c2ccc(O)cc2)cc1. The molecule has 2 N–H and O–H groups in total. The summed E-state index contributed by atoms with van der Waals surface area (Å²) in [5.41, 5.74) is 4.47. The number of hydrogen-bond acceptors (Lipinski definition) is 4. The Balaban J connectivity index is 2.04. The van der Waals surface area contributed by atoms with Gasteiger partial charge in [-0.15, -0.1) is 0 Å². The first-order valence-electron chi connectivity index (χ1n) is 6.38. The molecule has 0 radical (unpaired) electrons. The van der Waals surface area contributed by atoms with Gasteiger partial charge in [-0.25, -0.2) is 5.43 Å². The Hall–Kier alpha value is -2.82. The highest BCUT2D eigenvalue weighted by Gasteiger charge is 2.05. The molecule has 0 spiro atoms. The number of hydrazone groups is 1. The molecule has 2 aromatic rings. The number of carbonyl (C=O) groups is 1. The van der Waals surface area contributed by atoms with E-state index in [2.05, 4.69) is 10.5 Å². The standard InChI is InChI=1S/C16H16N2O3/c1-11(12-3-7-14(19)8-4-12)17-18-16(20)13-5-9-15(21-2)10-6-13/h3-10,19H,1-2H3,(H,18,20). The van der Waals surface area contributed by atoms with Crippen LogP contribution in [0.5, 0.6) is 11.5 Å². The molecule has 0 aromatic heterocycles. The predicted octanol–water partition coefficient (Wildman–Crippen LogP) is 2.55. The fraction of sp³-hybridized carbons (Fsp3) is 0.125. The first kappa shape index (κ1) is 14.6. The number of amides is 1. The molecule has 0 aliphatic carbocycles. The van der Waals surface area contributed by atoms with E-state index in [1.165, 1.54) is 0 Å². The molecular formula is C16H16N2O3. The van der Waals surface area contributed by atoms with E-state index in [1.54, 1.807) is 62.6 Å². The summed E-state index contributed by atoms with van der Waals surface area (Å²) in [5, 5.41) is 13.3.